The third-order valence-corrected chi connectivity index (χ3v) is 5.31. The van der Waals surface area contributed by atoms with Gasteiger partial charge in [-0.1, -0.05) is 30.3 Å². The third kappa shape index (κ3) is 2.93. The molecule has 0 radical (unpaired) electrons. The largest absolute Gasteiger partial charge is 0.363 e. The molecule has 1 N–H and O–H groups in total. The molecule has 0 fully saturated rings. The van der Waals surface area contributed by atoms with E-state index >= 15 is 0 Å². The molecule has 0 aliphatic rings. The molecule has 0 aliphatic heterocycles. The molecule has 3 aromatic carbocycles. The molecular weight excluding hydrogens is 346 g/mol. The van der Waals surface area contributed by atoms with Crippen molar-refractivity contribution in [1.82, 2.24) is 0 Å². The number of para-hydroxylation sites is 1. The molecule has 0 aliphatic carbocycles. The van der Waals surface area contributed by atoms with Crippen LogP contribution in [0.2, 0.25) is 0 Å². The quantitative estimate of drug-likeness (QED) is 0.416. The number of carbonyl (C=O) groups excluding carboxylic acids is 1. The van der Waals surface area contributed by atoms with Crippen LogP contribution >= 0.6 is 11.3 Å². The van der Waals surface area contributed by atoms with Crippen LogP contribution in [0.4, 0.5) is 5.69 Å². The first-order valence-corrected chi connectivity index (χ1v) is 8.93. The Morgan fingerprint density at radius 1 is 0.923 bits per heavy atom. The van der Waals surface area contributed by atoms with Crippen molar-refractivity contribution in [2.75, 3.05) is 5.48 Å². The van der Waals surface area contributed by atoms with Crippen LogP contribution < -0.4 is 10.9 Å². The summed E-state index contributed by atoms with van der Waals surface area (Å²) in [7, 11) is 0. The van der Waals surface area contributed by atoms with Crippen LogP contribution in [-0.2, 0) is 4.84 Å². The minimum absolute atomic E-state index is 0.0700. The van der Waals surface area contributed by atoms with E-state index in [4.69, 9.17) is 4.84 Å². The highest BCUT2D eigenvalue weighted by atomic mass is 32.1. The zero-order chi connectivity index (χ0) is 18.1. The number of anilines is 1. The van der Waals surface area contributed by atoms with Crippen molar-refractivity contribution < 1.29 is 9.63 Å². The minimum Gasteiger partial charge on any atom is -0.338 e. The van der Waals surface area contributed by atoms with Crippen molar-refractivity contribution in [2.45, 2.75) is 6.92 Å². The van der Waals surface area contributed by atoms with Crippen molar-refractivity contribution in [3.63, 3.8) is 0 Å². The summed E-state index contributed by atoms with van der Waals surface area (Å²) in [6.07, 6.45) is 0. The lowest BCUT2D eigenvalue weighted by molar-refractivity contribution is 0.0596. The molecule has 4 rings (SSSR count). The van der Waals surface area contributed by atoms with Gasteiger partial charge < -0.3 is 4.84 Å². The zero-order valence-electron chi connectivity index (χ0n) is 14.0. The molecule has 1 heterocycles. The molecule has 0 saturated heterocycles. The Bertz CT molecular complexity index is 1180. The van der Waals surface area contributed by atoms with E-state index in [9.17, 15) is 9.59 Å². The Labute approximate surface area is 153 Å². The van der Waals surface area contributed by atoms with Gasteiger partial charge in [0.2, 0.25) is 0 Å². The van der Waals surface area contributed by atoms with E-state index in [2.05, 4.69) is 5.48 Å². The normalized spacial score (nSPS) is 10.8. The van der Waals surface area contributed by atoms with Gasteiger partial charge >= 0.3 is 5.97 Å². The second kappa shape index (κ2) is 6.61. The first-order chi connectivity index (χ1) is 12.6. The molecule has 1 aromatic heterocycles. The van der Waals surface area contributed by atoms with E-state index in [0.717, 1.165) is 15.0 Å². The summed E-state index contributed by atoms with van der Waals surface area (Å²) in [5, 5.41) is 1.20. The van der Waals surface area contributed by atoms with E-state index in [-0.39, 0.29) is 5.43 Å². The lowest BCUT2D eigenvalue weighted by atomic mass is 10.1. The van der Waals surface area contributed by atoms with Gasteiger partial charge in [-0.15, -0.1) is 11.3 Å². The molecule has 0 atom stereocenters. The van der Waals surface area contributed by atoms with Gasteiger partial charge in [0, 0.05) is 20.2 Å². The van der Waals surface area contributed by atoms with Gasteiger partial charge in [-0.3, -0.25) is 4.79 Å². The van der Waals surface area contributed by atoms with Gasteiger partial charge in [-0.2, -0.15) is 0 Å². The molecule has 128 valence electrons. The van der Waals surface area contributed by atoms with Crippen molar-refractivity contribution >= 4 is 43.2 Å². The number of aryl methyl sites for hydroxylation is 1. The molecule has 26 heavy (non-hydrogen) atoms. The van der Waals surface area contributed by atoms with Gasteiger partial charge in [0.05, 0.1) is 11.3 Å². The van der Waals surface area contributed by atoms with Crippen LogP contribution in [0.3, 0.4) is 0 Å². The average Bonchev–Trinajstić information content (AvgIpc) is 2.67. The van der Waals surface area contributed by atoms with Gasteiger partial charge in [0.15, 0.2) is 5.43 Å². The molecule has 0 bridgehead atoms. The maximum atomic E-state index is 12.8. The predicted molar refractivity (Wildman–Crippen MR) is 106 cm³/mol. The molecule has 4 nitrogen and oxygen atoms in total. The van der Waals surface area contributed by atoms with Crippen molar-refractivity contribution in [3.05, 3.63) is 88.1 Å². The second-order valence-electron chi connectivity index (χ2n) is 5.95. The number of benzene rings is 3. The minimum atomic E-state index is -0.522. The van der Waals surface area contributed by atoms with E-state index in [1.165, 1.54) is 0 Å². The summed E-state index contributed by atoms with van der Waals surface area (Å²) in [6, 6.07) is 20.1. The van der Waals surface area contributed by atoms with Gasteiger partial charge in [0.25, 0.3) is 0 Å². The highest BCUT2D eigenvalue weighted by Gasteiger charge is 2.15. The van der Waals surface area contributed by atoms with Crippen molar-refractivity contribution in [2.24, 2.45) is 0 Å². The fourth-order valence-corrected chi connectivity index (χ4v) is 3.99. The van der Waals surface area contributed by atoms with Gasteiger partial charge in [0.1, 0.15) is 0 Å². The summed E-state index contributed by atoms with van der Waals surface area (Å²) in [4.78, 5) is 30.5. The molecule has 0 unspecified atom stereocenters. The zero-order valence-corrected chi connectivity index (χ0v) is 14.8. The van der Waals surface area contributed by atoms with E-state index in [1.807, 2.05) is 55.5 Å². The van der Waals surface area contributed by atoms with Crippen LogP contribution in [-0.4, -0.2) is 5.97 Å². The summed E-state index contributed by atoms with van der Waals surface area (Å²) >= 11 is 1.54. The molecular formula is C21H15NO3S. The Balaban J connectivity index is 1.74. The average molecular weight is 361 g/mol. The van der Waals surface area contributed by atoms with E-state index < -0.39 is 5.97 Å². The summed E-state index contributed by atoms with van der Waals surface area (Å²) in [6.45, 7) is 1.84. The number of hydrogen-bond acceptors (Lipinski definition) is 5. The van der Waals surface area contributed by atoms with Crippen LogP contribution in [0.15, 0.2) is 71.5 Å². The molecule has 4 aromatic rings. The van der Waals surface area contributed by atoms with Gasteiger partial charge in [-0.05, 0) is 48.9 Å². The fourth-order valence-electron chi connectivity index (χ4n) is 2.84. The van der Waals surface area contributed by atoms with Crippen LogP contribution in [0.5, 0.6) is 0 Å². The number of nitrogens with one attached hydrogen (secondary N) is 1. The lowest BCUT2D eigenvalue weighted by Gasteiger charge is -2.10. The SMILES string of the molecule is Cc1cc2sc3ccccc3c(=O)c2cc1C(=O)ONc1ccccc1. The fraction of sp³-hybridized carbons (Fsp3) is 0.0476. The Morgan fingerprint density at radius 2 is 1.65 bits per heavy atom. The summed E-state index contributed by atoms with van der Waals surface area (Å²) < 4.78 is 1.80. The summed E-state index contributed by atoms with van der Waals surface area (Å²) in [5.41, 5.74) is 4.39. The maximum absolute atomic E-state index is 12.8. The first-order valence-electron chi connectivity index (χ1n) is 8.12. The lowest BCUT2D eigenvalue weighted by Crippen LogP contribution is -2.13. The standard InChI is InChI=1S/C21H15NO3S/c1-13-11-19-17(20(23)15-9-5-6-10-18(15)26-19)12-16(13)21(24)25-22-14-7-3-2-4-8-14/h2-12,22H,1H3. The smallest absolute Gasteiger partial charge is 0.338 e. The number of hydrogen-bond donors (Lipinski definition) is 1. The number of fused-ring (bicyclic) bond motifs is 2. The molecule has 0 amide bonds. The maximum Gasteiger partial charge on any atom is 0.363 e. The van der Waals surface area contributed by atoms with Crippen molar-refractivity contribution in [3.8, 4) is 0 Å². The Hall–Kier alpha value is -3.18. The molecule has 0 spiro atoms. The van der Waals surface area contributed by atoms with E-state index in [0.29, 0.717) is 22.0 Å². The number of rotatable bonds is 3. The number of carbonyl (C=O) groups is 1. The monoisotopic (exact) mass is 361 g/mol. The molecule has 0 saturated carbocycles. The van der Waals surface area contributed by atoms with Crippen LogP contribution in [0, 0.1) is 6.92 Å². The van der Waals surface area contributed by atoms with Crippen molar-refractivity contribution in [1.29, 1.82) is 0 Å². The van der Waals surface area contributed by atoms with Gasteiger partial charge in [-0.25, -0.2) is 10.3 Å². The highest BCUT2D eigenvalue weighted by Crippen LogP contribution is 2.27. The predicted octanol–water partition coefficient (Wildman–Crippen LogP) is 4.91. The van der Waals surface area contributed by atoms with Crippen LogP contribution in [0.25, 0.3) is 20.2 Å². The Morgan fingerprint density at radius 3 is 2.46 bits per heavy atom. The topological polar surface area (TPSA) is 55.4 Å². The van der Waals surface area contributed by atoms with E-state index in [1.54, 1.807) is 29.5 Å². The first kappa shape index (κ1) is 16.3. The molecule has 5 heteroatoms. The Kier molecular flexibility index (Phi) is 4.14. The highest BCUT2D eigenvalue weighted by molar-refractivity contribution is 7.24. The second-order valence-corrected chi connectivity index (χ2v) is 7.03. The summed E-state index contributed by atoms with van der Waals surface area (Å²) in [5.74, 6) is -0.522. The van der Waals surface area contributed by atoms with Crippen LogP contribution in [0.1, 0.15) is 15.9 Å². The third-order valence-electron chi connectivity index (χ3n) is 4.18.